The van der Waals surface area contributed by atoms with Crippen molar-refractivity contribution in [1.29, 1.82) is 0 Å². The second-order valence-corrected chi connectivity index (χ2v) is 4.96. The molecule has 0 aliphatic carbocycles. The van der Waals surface area contributed by atoms with E-state index in [-0.39, 0.29) is 5.82 Å². The third-order valence-electron chi connectivity index (χ3n) is 3.28. The lowest BCUT2D eigenvalue weighted by Crippen LogP contribution is -2.32. The molecule has 0 aromatic heterocycles. The van der Waals surface area contributed by atoms with Gasteiger partial charge < -0.3 is 14.8 Å². The lowest BCUT2D eigenvalue weighted by atomic mass is 10.0. The first kappa shape index (κ1) is 16.9. The first-order valence-electron chi connectivity index (χ1n) is 7.26. The molecule has 0 aliphatic heterocycles. The van der Waals surface area contributed by atoms with Gasteiger partial charge in [0.25, 0.3) is 0 Å². The van der Waals surface area contributed by atoms with Gasteiger partial charge in [-0.15, -0.1) is 0 Å². The monoisotopic (exact) mass is 283 g/mol. The number of halogens is 1. The molecule has 114 valence electrons. The van der Waals surface area contributed by atoms with E-state index < -0.39 is 0 Å². The Labute approximate surface area is 121 Å². The lowest BCUT2D eigenvalue weighted by molar-refractivity contribution is 0.188. The van der Waals surface area contributed by atoms with Crippen LogP contribution in [0.3, 0.4) is 0 Å². The SMILES string of the molecule is CCCNC(CCCOC)Cc1ccc(OC)c(F)c1. The van der Waals surface area contributed by atoms with Crippen LogP contribution in [0.15, 0.2) is 18.2 Å². The first-order valence-corrected chi connectivity index (χ1v) is 7.26. The Hall–Kier alpha value is -1.13. The highest BCUT2D eigenvalue weighted by Gasteiger charge is 2.11. The van der Waals surface area contributed by atoms with E-state index in [1.54, 1.807) is 19.2 Å². The topological polar surface area (TPSA) is 30.5 Å². The zero-order valence-electron chi connectivity index (χ0n) is 12.7. The predicted octanol–water partition coefficient (Wildman–Crippen LogP) is 3.17. The fraction of sp³-hybridized carbons (Fsp3) is 0.625. The minimum atomic E-state index is -0.295. The summed E-state index contributed by atoms with van der Waals surface area (Å²) in [7, 11) is 3.20. The van der Waals surface area contributed by atoms with Crippen molar-refractivity contribution in [3.05, 3.63) is 29.6 Å². The number of benzene rings is 1. The van der Waals surface area contributed by atoms with Crippen LogP contribution in [-0.4, -0.2) is 33.4 Å². The molecule has 0 spiro atoms. The summed E-state index contributed by atoms with van der Waals surface area (Å²) in [6.45, 7) is 3.89. The van der Waals surface area contributed by atoms with Crippen LogP contribution in [0, 0.1) is 5.82 Å². The largest absolute Gasteiger partial charge is 0.494 e. The summed E-state index contributed by atoms with van der Waals surface area (Å²) in [6, 6.07) is 5.55. The van der Waals surface area contributed by atoms with Gasteiger partial charge in [0.05, 0.1) is 7.11 Å². The van der Waals surface area contributed by atoms with Crippen molar-refractivity contribution in [2.24, 2.45) is 0 Å². The van der Waals surface area contributed by atoms with Crippen LogP contribution in [0.25, 0.3) is 0 Å². The van der Waals surface area contributed by atoms with Gasteiger partial charge in [0.1, 0.15) is 0 Å². The fourth-order valence-electron chi connectivity index (χ4n) is 2.22. The molecule has 1 unspecified atom stereocenters. The summed E-state index contributed by atoms with van der Waals surface area (Å²) in [5.41, 5.74) is 0.995. The van der Waals surface area contributed by atoms with E-state index in [0.717, 1.165) is 44.4 Å². The van der Waals surface area contributed by atoms with E-state index in [2.05, 4.69) is 12.2 Å². The Morgan fingerprint density at radius 2 is 2.10 bits per heavy atom. The van der Waals surface area contributed by atoms with Crippen molar-refractivity contribution in [2.45, 2.75) is 38.6 Å². The molecule has 0 saturated carbocycles. The van der Waals surface area contributed by atoms with Gasteiger partial charge >= 0.3 is 0 Å². The molecule has 0 bridgehead atoms. The Bertz CT molecular complexity index is 385. The second-order valence-electron chi connectivity index (χ2n) is 4.96. The van der Waals surface area contributed by atoms with Crippen molar-refractivity contribution in [3.63, 3.8) is 0 Å². The number of hydrogen-bond acceptors (Lipinski definition) is 3. The van der Waals surface area contributed by atoms with Gasteiger partial charge in [0, 0.05) is 19.8 Å². The quantitative estimate of drug-likeness (QED) is 0.669. The van der Waals surface area contributed by atoms with Gasteiger partial charge in [-0.3, -0.25) is 0 Å². The fourth-order valence-corrected chi connectivity index (χ4v) is 2.22. The average Bonchev–Trinajstić information content (AvgIpc) is 2.45. The summed E-state index contributed by atoms with van der Waals surface area (Å²) >= 11 is 0. The van der Waals surface area contributed by atoms with Crippen LogP contribution < -0.4 is 10.1 Å². The molecular weight excluding hydrogens is 257 g/mol. The molecule has 1 rings (SSSR count). The van der Waals surface area contributed by atoms with E-state index in [0.29, 0.717) is 11.8 Å². The maximum absolute atomic E-state index is 13.7. The summed E-state index contributed by atoms with van der Waals surface area (Å²) in [4.78, 5) is 0. The highest BCUT2D eigenvalue weighted by Crippen LogP contribution is 2.19. The zero-order chi connectivity index (χ0) is 14.8. The number of rotatable bonds is 10. The minimum Gasteiger partial charge on any atom is -0.494 e. The summed E-state index contributed by atoms with van der Waals surface area (Å²) < 4.78 is 23.7. The first-order chi connectivity index (χ1) is 9.71. The molecule has 4 heteroatoms. The van der Waals surface area contributed by atoms with Crippen molar-refractivity contribution < 1.29 is 13.9 Å². The van der Waals surface area contributed by atoms with Gasteiger partial charge in [0.15, 0.2) is 11.6 Å². The smallest absolute Gasteiger partial charge is 0.165 e. The maximum atomic E-state index is 13.7. The third kappa shape index (κ3) is 5.88. The van der Waals surface area contributed by atoms with E-state index >= 15 is 0 Å². The van der Waals surface area contributed by atoms with Crippen molar-refractivity contribution in [3.8, 4) is 5.75 Å². The van der Waals surface area contributed by atoms with Crippen LogP contribution >= 0.6 is 0 Å². The van der Waals surface area contributed by atoms with Crippen LogP contribution in [0.4, 0.5) is 4.39 Å². The van der Waals surface area contributed by atoms with Gasteiger partial charge in [-0.1, -0.05) is 13.0 Å². The third-order valence-corrected chi connectivity index (χ3v) is 3.28. The highest BCUT2D eigenvalue weighted by atomic mass is 19.1. The number of hydrogen-bond donors (Lipinski definition) is 1. The van der Waals surface area contributed by atoms with Gasteiger partial charge in [-0.25, -0.2) is 4.39 Å². The molecule has 3 nitrogen and oxygen atoms in total. The number of ether oxygens (including phenoxy) is 2. The Balaban J connectivity index is 2.60. The van der Waals surface area contributed by atoms with Crippen molar-refractivity contribution >= 4 is 0 Å². The van der Waals surface area contributed by atoms with E-state index in [4.69, 9.17) is 9.47 Å². The number of nitrogens with one attached hydrogen (secondary N) is 1. The standard InChI is InChI=1S/C16H26FNO2/c1-4-9-18-14(6-5-10-19-2)11-13-7-8-16(20-3)15(17)12-13/h7-8,12,14,18H,4-6,9-11H2,1-3H3. The summed E-state index contributed by atoms with van der Waals surface area (Å²) in [5.74, 6) is 0.00216. The van der Waals surface area contributed by atoms with Gasteiger partial charge in [-0.05, 0) is 49.9 Å². The average molecular weight is 283 g/mol. The molecule has 0 radical (unpaired) electrons. The minimum absolute atomic E-state index is 0.295. The van der Waals surface area contributed by atoms with Gasteiger partial charge in [0.2, 0.25) is 0 Å². The Morgan fingerprint density at radius 1 is 1.30 bits per heavy atom. The summed E-state index contributed by atoms with van der Waals surface area (Å²) in [6.07, 6.45) is 3.96. The van der Waals surface area contributed by atoms with Gasteiger partial charge in [-0.2, -0.15) is 0 Å². The van der Waals surface area contributed by atoms with Crippen LogP contribution in [0.2, 0.25) is 0 Å². The van der Waals surface area contributed by atoms with E-state index in [1.165, 1.54) is 7.11 Å². The van der Waals surface area contributed by atoms with E-state index in [9.17, 15) is 4.39 Å². The van der Waals surface area contributed by atoms with Crippen LogP contribution in [-0.2, 0) is 11.2 Å². The van der Waals surface area contributed by atoms with Crippen molar-refractivity contribution in [2.75, 3.05) is 27.4 Å². The second kappa shape index (κ2) is 9.72. The predicted molar refractivity (Wildman–Crippen MR) is 79.8 cm³/mol. The van der Waals surface area contributed by atoms with Crippen LogP contribution in [0.1, 0.15) is 31.7 Å². The highest BCUT2D eigenvalue weighted by molar-refractivity contribution is 5.29. The molecule has 0 saturated heterocycles. The maximum Gasteiger partial charge on any atom is 0.165 e. The molecule has 0 heterocycles. The zero-order valence-corrected chi connectivity index (χ0v) is 12.7. The number of methoxy groups -OCH3 is 2. The molecule has 0 amide bonds. The molecular formula is C16H26FNO2. The molecule has 20 heavy (non-hydrogen) atoms. The summed E-state index contributed by atoms with van der Waals surface area (Å²) in [5, 5.41) is 3.52. The Morgan fingerprint density at radius 3 is 2.70 bits per heavy atom. The van der Waals surface area contributed by atoms with E-state index in [1.807, 2.05) is 6.07 Å². The van der Waals surface area contributed by atoms with Crippen LogP contribution in [0.5, 0.6) is 5.75 Å². The molecule has 0 fully saturated rings. The molecule has 1 aromatic rings. The lowest BCUT2D eigenvalue weighted by Gasteiger charge is -2.19. The molecule has 1 aromatic carbocycles. The molecule has 1 atom stereocenters. The van der Waals surface area contributed by atoms with Crippen molar-refractivity contribution in [1.82, 2.24) is 5.32 Å². The Kier molecular flexibility index (Phi) is 8.23. The molecule has 0 aliphatic rings. The molecule has 1 N–H and O–H groups in total. The normalized spacial score (nSPS) is 12.4.